The molecule has 2 amide bonds. The summed E-state index contributed by atoms with van der Waals surface area (Å²) in [6, 6.07) is 15.5. The lowest BCUT2D eigenvalue weighted by Crippen LogP contribution is -2.36. The Kier molecular flexibility index (Phi) is 9.48. The third-order valence-electron chi connectivity index (χ3n) is 7.79. The van der Waals surface area contributed by atoms with E-state index in [0.29, 0.717) is 12.4 Å². The normalized spacial score (nSPS) is 15.5. The Morgan fingerprint density at radius 2 is 1.38 bits per heavy atom. The molecule has 1 saturated heterocycles. The molecule has 2 unspecified atom stereocenters. The number of H-pyrrole nitrogens is 2. The second-order valence-electron chi connectivity index (χ2n) is 13.9. The van der Waals surface area contributed by atoms with E-state index >= 15 is 0 Å². The first kappa shape index (κ1) is 33.3. The number of nitrogens with zero attached hydrogens (tertiary/aromatic N) is 4. The molecule has 1 fully saturated rings. The third-order valence-corrected chi connectivity index (χ3v) is 7.79. The monoisotopic (exact) mass is 636 g/mol. The second kappa shape index (κ2) is 13.4. The average Bonchev–Trinajstić information content (AvgIpc) is 3.79. The molecular weight excluding hydrogens is 592 g/mol. The summed E-state index contributed by atoms with van der Waals surface area (Å²) in [4.78, 5) is 44.3. The van der Waals surface area contributed by atoms with E-state index in [1.165, 1.54) is 4.90 Å². The van der Waals surface area contributed by atoms with Gasteiger partial charge in [-0.25, -0.2) is 19.6 Å². The van der Waals surface area contributed by atoms with Crippen molar-refractivity contribution in [3.63, 3.8) is 0 Å². The quantitative estimate of drug-likeness (QED) is 0.215. The van der Waals surface area contributed by atoms with Crippen molar-refractivity contribution < 1.29 is 19.1 Å². The van der Waals surface area contributed by atoms with Gasteiger partial charge in [0, 0.05) is 24.7 Å². The van der Waals surface area contributed by atoms with E-state index in [1.54, 1.807) is 18.1 Å². The zero-order chi connectivity index (χ0) is 33.9. The number of carbonyl (C=O) groups excluding carboxylic acids is 2. The van der Waals surface area contributed by atoms with E-state index in [2.05, 4.69) is 31.8 Å². The molecule has 2 atom stereocenters. The van der Waals surface area contributed by atoms with Crippen LogP contribution in [0.2, 0.25) is 0 Å². The number of aromatic amines is 2. The van der Waals surface area contributed by atoms with E-state index in [0.717, 1.165) is 52.3 Å². The number of imidazole rings is 2. The van der Waals surface area contributed by atoms with Gasteiger partial charge in [0.25, 0.3) is 0 Å². The maximum absolute atomic E-state index is 12.7. The van der Waals surface area contributed by atoms with Crippen LogP contribution in [0.15, 0.2) is 60.9 Å². The molecule has 0 radical (unpaired) electrons. The Morgan fingerprint density at radius 1 is 0.851 bits per heavy atom. The van der Waals surface area contributed by atoms with E-state index in [-0.39, 0.29) is 18.2 Å². The minimum atomic E-state index is -0.567. The number of aromatic nitrogens is 4. The first-order chi connectivity index (χ1) is 22.2. The van der Waals surface area contributed by atoms with Crippen molar-refractivity contribution in [2.24, 2.45) is 0 Å². The number of benzene rings is 2. The SMILES string of the molecule is CC(c1ncc(-c2ccc(C#Cc3ccc(-c4cnc(C5CCCN5C(=O)OC(C)(C)C)[nH]4)cc3)cc2)[nH]1)N(C)C(=O)OC(C)(C)C. The van der Waals surface area contributed by atoms with Crippen LogP contribution in [-0.4, -0.2) is 66.7 Å². The van der Waals surface area contributed by atoms with Gasteiger partial charge in [0.1, 0.15) is 22.9 Å². The lowest BCUT2D eigenvalue weighted by Gasteiger charge is -2.27. The fourth-order valence-corrected chi connectivity index (χ4v) is 5.22. The summed E-state index contributed by atoms with van der Waals surface area (Å²) in [7, 11) is 1.70. The lowest BCUT2D eigenvalue weighted by atomic mass is 10.1. The fraction of sp³-hybridized carbons (Fsp3) is 0.405. The summed E-state index contributed by atoms with van der Waals surface area (Å²) < 4.78 is 11.1. The first-order valence-electron chi connectivity index (χ1n) is 15.9. The summed E-state index contributed by atoms with van der Waals surface area (Å²) in [6.45, 7) is 13.7. The van der Waals surface area contributed by atoms with Crippen LogP contribution in [0.3, 0.4) is 0 Å². The van der Waals surface area contributed by atoms with Gasteiger partial charge in [0.05, 0.1) is 35.9 Å². The molecule has 47 heavy (non-hydrogen) atoms. The van der Waals surface area contributed by atoms with Crippen LogP contribution in [0, 0.1) is 11.8 Å². The highest BCUT2D eigenvalue weighted by Gasteiger charge is 2.35. The van der Waals surface area contributed by atoms with E-state index in [4.69, 9.17) is 9.47 Å². The van der Waals surface area contributed by atoms with Gasteiger partial charge in [-0.15, -0.1) is 0 Å². The number of amides is 2. The van der Waals surface area contributed by atoms with Gasteiger partial charge in [0.15, 0.2) is 0 Å². The third kappa shape index (κ3) is 8.41. The molecular formula is C37H44N6O4. The molecule has 0 spiro atoms. The summed E-state index contributed by atoms with van der Waals surface area (Å²) in [5.41, 5.74) is 4.38. The molecule has 246 valence electrons. The molecule has 3 heterocycles. The van der Waals surface area contributed by atoms with Gasteiger partial charge < -0.3 is 24.3 Å². The highest BCUT2D eigenvalue weighted by molar-refractivity contribution is 5.69. The topological polar surface area (TPSA) is 116 Å². The molecule has 0 saturated carbocycles. The molecule has 1 aliphatic rings. The van der Waals surface area contributed by atoms with Crippen molar-refractivity contribution in [3.05, 3.63) is 83.7 Å². The number of rotatable bonds is 5. The second-order valence-corrected chi connectivity index (χ2v) is 13.9. The Bertz CT molecular complexity index is 1760. The molecule has 10 nitrogen and oxygen atoms in total. The Balaban J connectivity index is 1.20. The Morgan fingerprint density at radius 3 is 1.94 bits per heavy atom. The molecule has 0 bridgehead atoms. The average molecular weight is 637 g/mol. The standard InChI is InChI=1S/C37H44N6O4/c1-24(42(8)34(44)46-36(2,3)4)32-38-22-29(40-32)27-17-13-25(14-18-27)11-12-26-15-19-28(20-16-26)30-23-39-33(41-30)31-10-9-21-43(31)35(45)47-37(5,6)7/h13-20,22-24,31H,9-10,21H2,1-8H3,(H,38,40)(H,39,41). The molecule has 2 aromatic carbocycles. The van der Waals surface area contributed by atoms with Crippen molar-refractivity contribution in [1.29, 1.82) is 0 Å². The Labute approximate surface area is 276 Å². The van der Waals surface area contributed by atoms with Crippen LogP contribution >= 0.6 is 0 Å². The van der Waals surface area contributed by atoms with Crippen molar-refractivity contribution >= 4 is 12.2 Å². The molecule has 4 aromatic rings. The maximum atomic E-state index is 12.7. The van der Waals surface area contributed by atoms with Crippen molar-refractivity contribution in [2.75, 3.05) is 13.6 Å². The highest BCUT2D eigenvalue weighted by atomic mass is 16.6. The van der Waals surface area contributed by atoms with Crippen LogP contribution in [0.4, 0.5) is 9.59 Å². The van der Waals surface area contributed by atoms with Crippen LogP contribution in [0.25, 0.3) is 22.5 Å². The lowest BCUT2D eigenvalue weighted by molar-refractivity contribution is 0.0212. The molecule has 5 rings (SSSR count). The number of likely N-dealkylation sites (tertiary alicyclic amines) is 1. The number of nitrogens with one attached hydrogen (secondary N) is 2. The molecule has 2 aromatic heterocycles. The van der Waals surface area contributed by atoms with Gasteiger partial charge in [-0.2, -0.15) is 0 Å². The smallest absolute Gasteiger partial charge is 0.410 e. The molecule has 10 heteroatoms. The predicted octanol–water partition coefficient (Wildman–Crippen LogP) is 7.87. The maximum Gasteiger partial charge on any atom is 0.410 e. The first-order valence-corrected chi connectivity index (χ1v) is 15.9. The van der Waals surface area contributed by atoms with Gasteiger partial charge in [0.2, 0.25) is 0 Å². The van der Waals surface area contributed by atoms with Gasteiger partial charge in [-0.3, -0.25) is 4.90 Å². The zero-order valence-electron chi connectivity index (χ0n) is 28.5. The summed E-state index contributed by atoms with van der Waals surface area (Å²) >= 11 is 0. The van der Waals surface area contributed by atoms with E-state index < -0.39 is 17.3 Å². The predicted molar refractivity (Wildman–Crippen MR) is 181 cm³/mol. The fourth-order valence-electron chi connectivity index (χ4n) is 5.22. The largest absolute Gasteiger partial charge is 0.444 e. The van der Waals surface area contributed by atoms with Crippen LogP contribution in [0.1, 0.15) is 96.2 Å². The number of hydrogen-bond acceptors (Lipinski definition) is 6. The minimum Gasteiger partial charge on any atom is -0.444 e. The molecule has 2 N–H and O–H groups in total. The van der Waals surface area contributed by atoms with E-state index in [9.17, 15) is 9.59 Å². The number of hydrogen-bond donors (Lipinski definition) is 2. The summed E-state index contributed by atoms with van der Waals surface area (Å²) in [5, 5.41) is 0. The number of ether oxygens (including phenoxy) is 2. The van der Waals surface area contributed by atoms with Crippen molar-refractivity contribution in [2.45, 2.75) is 84.6 Å². The van der Waals surface area contributed by atoms with Gasteiger partial charge in [-0.05, 0) is 96.7 Å². The van der Waals surface area contributed by atoms with Crippen molar-refractivity contribution in [3.8, 4) is 34.4 Å². The van der Waals surface area contributed by atoms with Crippen LogP contribution in [0.5, 0.6) is 0 Å². The molecule has 1 aliphatic heterocycles. The zero-order valence-corrected chi connectivity index (χ0v) is 28.5. The summed E-state index contributed by atoms with van der Waals surface area (Å²) in [5.74, 6) is 7.92. The summed E-state index contributed by atoms with van der Waals surface area (Å²) in [6.07, 6.45) is 4.63. The van der Waals surface area contributed by atoms with E-state index in [1.807, 2.05) is 103 Å². The van der Waals surface area contributed by atoms with Crippen molar-refractivity contribution in [1.82, 2.24) is 29.7 Å². The van der Waals surface area contributed by atoms with Crippen LogP contribution < -0.4 is 0 Å². The van der Waals surface area contributed by atoms with Gasteiger partial charge >= 0.3 is 12.2 Å². The van der Waals surface area contributed by atoms with Crippen LogP contribution in [-0.2, 0) is 9.47 Å². The molecule has 0 aliphatic carbocycles. The highest BCUT2D eigenvalue weighted by Crippen LogP contribution is 2.33. The minimum absolute atomic E-state index is 0.125. The number of carbonyl (C=O) groups is 2. The Hall–Kier alpha value is -5.04. The van der Waals surface area contributed by atoms with Gasteiger partial charge in [-0.1, -0.05) is 36.1 Å².